The van der Waals surface area contributed by atoms with Gasteiger partial charge in [-0.1, -0.05) is 32.8 Å². The Bertz CT molecular complexity index is 440. The van der Waals surface area contributed by atoms with Crippen molar-refractivity contribution in [1.82, 2.24) is 0 Å². The first-order valence-electron chi connectivity index (χ1n) is 7.31. The number of hydrogen-bond donors (Lipinski definition) is 1. The minimum Gasteiger partial charge on any atom is -0.382 e. The van der Waals surface area contributed by atoms with Gasteiger partial charge in [-0.15, -0.1) is 0 Å². The summed E-state index contributed by atoms with van der Waals surface area (Å²) < 4.78 is 38.2. The fraction of sp³-hybridized carbons (Fsp3) is 0.625. The molecule has 2 atom stereocenters. The van der Waals surface area contributed by atoms with Crippen LogP contribution in [0.15, 0.2) is 24.3 Å². The Hall–Kier alpha value is -1.19. The molecule has 1 N–H and O–H groups in total. The van der Waals surface area contributed by atoms with Crippen molar-refractivity contribution in [2.45, 2.75) is 51.7 Å². The molecule has 0 spiro atoms. The molecule has 0 radical (unpaired) electrons. The van der Waals surface area contributed by atoms with E-state index in [1.165, 1.54) is 18.6 Å². The van der Waals surface area contributed by atoms with Crippen LogP contribution < -0.4 is 5.32 Å². The van der Waals surface area contributed by atoms with E-state index in [0.717, 1.165) is 25.3 Å². The molecule has 1 nitrogen and oxygen atoms in total. The van der Waals surface area contributed by atoms with Crippen molar-refractivity contribution < 1.29 is 13.2 Å². The molecule has 4 heteroatoms. The highest BCUT2D eigenvalue weighted by atomic mass is 19.4. The van der Waals surface area contributed by atoms with Gasteiger partial charge in [0.2, 0.25) is 0 Å². The van der Waals surface area contributed by atoms with Gasteiger partial charge in [-0.3, -0.25) is 0 Å². The topological polar surface area (TPSA) is 12.0 Å². The largest absolute Gasteiger partial charge is 0.416 e. The van der Waals surface area contributed by atoms with Crippen molar-refractivity contribution in [1.29, 1.82) is 0 Å². The van der Waals surface area contributed by atoms with Gasteiger partial charge >= 0.3 is 6.18 Å². The predicted molar refractivity (Wildman–Crippen MR) is 75.7 cm³/mol. The number of nitrogens with one attached hydrogen (secondary N) is 1. The van der Waals surface area contributed by atoms with E-state index in [0.29, 0.717) is 17.5 Å². The van der Waals surface area contributed by atoms with Gasteiger partial charge in [0.25, 0.3) is 0 Å². The van der Waals surface area contributed by atoms with E-state index in [-0.39, 0.29) is 6.04 Å². The van der Waals surface area contributed by atoms with Crippen LogP contribution in [-0.4, -0.2) is 6.04 Å². The minimum absolute atomic E-state index is 0.284. The van der Waals surface area contributed by atoms with E-state index >= 15 is 0 Å². The summed E-state index contributed by atoms with van der Waals surface area (Å²) in [6.45, 7) is 4.38. The summed E-state index contributed by atoms with van der Waals surface area (Å²) in [7, 11) is 0. The van der Waals surface area contributed by atoms with E-state index in [1.54, 1.807) is 6.07 Å². The SMILES string of the molecule is CC(C)C1CCCCC1Nc1cccc(C(F)(F)F)c1. The number of hydrogen-bond acceptors (Lipinski definition) is 1. The molecule has 1 saturated carbocycles. The predicted octanol–water partition coefficient (Wildman–Crippen LogP) is 5.33. The average Bonchev–Trinajstić information content (AvgIpc) is 2.38. The Morgan fingerprint density at radius 1 is 1.15 bits per heavy atom. The lowest BCUT2D eigenvalue weighted by atomic mass is 9.78. The van der Waals surface area contributed by atoms with Gasteiger partial charge in [0.1, 0.15) is 0 Å². The second kappa shape index (κ2) is 6.06. The van der Waals surface area contributed by atoms with Crippen molar-refractivity contribution in [2.75, 3.05) is 5.32 Å². The van der Waals surface area contributed by atoms with Gasteiger partial charge in [-0.05, 0) is 42.9 Å². The van der Waals surface area contributed by atoms with Crippen molar-refractivity contribution in [2.24, 2.45) is 11.8 Å². The molecule has 1 aromatic carbocycles. The second-order valence-corrected chi connectivity index (χ2v) is 6.02. The molecule has 1 aliphatic carbocycles. The minimum atomic E-state index is -4.28. The summed E-state index contributed by atoms with van der Waals surface area (Å²) in [5.41, 5.74) is -0.00298. The average molecular weight is 285 g/mol. The smallest absolute Gasteiger partial charge is 0.382 e. The molecule has 112 valence electrons. The summed E-state index contributed by atoms with van der Waals surface area (Å²) in [6, 6.07) is 5.81. The fourth-order valence-electron chi connectivity index (χ4n) is 3.14. The molecule has 2 unspecified atom stereocenters. The van der Waals surface area contributed by atoms with Crippen LogP contribution >= 0.6 is 0 Å². The second-order valence-electron chi connectivity index (χ2n) is 6.02. The molecule has 20 heavy (non-hydrogen) atoms. The quantitative estimate of drug-likeness (QED) is 0.791. The lowest BCUT2D eigenvalue weighted by Crippen LogP contribution is -2.35. The molecule has 0 amide bonds. The summed E-state index contributed by atoms with van der Waals surface area (Å²) >= 11 is 0. The number of halogens is 3. The van der Waals surface area contributed by atoms with Crippen molar-refractivity contribution >= 4 is 5.69 Å². The van der Waals surface area contributed by atoms with Crippen molar-refractivity contribution in [3.63, 3.8) is 0 Å². The zero-order valence-electron chi connectivity index (χ0n) is 12.0. The van der Waals surface area contributed by atoms with E-state index in [4.69, 9.17) is 0 Å². The van der Waals surface area contributed by atoms with E-state index < -0.39 is 11.7 Å². The van der Waals surface area contributed by atoms with Crippen molar-refractivity contribution in [3.8, 4) is 0 Å². The molecule has 1 aliphatic rings. The van der Waals surface area contributed by atoms with Crippen LogP contribution in [0.3, 0.4) is 0 Å². The third-order valence-corrected chi connectivity index (χ3v) is 4.22. The van der Waals surface area contributed by atoms with Crippen LogP contribution in [0.1, 0.15) is 45.1 Å². The number of benzene rings is 1. The first kappa shape index (κ1) is 15.2. The highest BCUT2D eigenvalue weighted by molar-refractivity contribution is 5.47. The monoisotopic (exact) mass is 285 g/mol. The number of rotatable bonds is 3. The summed E-state index contributed by atoms with van der Waals surface area (Å²) in [5, 5.41) is 3.32. The molecule has 1 aromatic rings. The normalized spacial score (nSPS) is 23.9. The summed E-state index contributed by atoms with van der Waals surface area (Å²) in [4.78, 5) is 0. The van der Waals surface area contributed by atoms with Crippen LogP contribution in [0.5, 0.6) is 0 Å². The van der Waals surface area contributed by atoms with Crippen LogP contribution in [0.4, 0.5) is 18.9 Å². The summed E-state index contributed by atoms with van der Waals surface area (Å²) in [6.07, 6.45) is 0.304. The molecular weight excluding hydrogens is 263 g/mol. The van der Waals surface area contributed by atoms with E-state index in [9.17, 15) is 13.2 Å². The Morgan fingerprint density at radius 2 is 1.85 bits per heavy atom. The third kappa shape index (κ3) is 3.68. The Kier molecular flexibility index (Phi) is 4.61. The van der Waals surface area contributed by atoms with Gasteiger partial charge in [0, 0.05) is 11.7 Å². The van der Waals surface area contributed by atoms with Gasteiger partial charge in [0.05, 0.1) is 5.56 Å². The molecule has 0 heterocycles. The maximum absolute atomic E-state index is 12.7. The third-order valence-electron chi connectivity index (χ3n) is 4.22. The van der Waals surface area contributed by atoms with E-state index in [2.05, 4.69) is 19.2 Å². The van der Waals surface area contributed by atoms with Crippen LogP contribution in [-0.2, 0) is 6.18 Å². The number of alkyl halides is 3. The van der Waals surface area contributed by atoms with Gasteiger partial charge < -0.3 is 5.32 Å². The molecular formula is C16H22F3N. The van der Waals surface area contributed by atoms with Gasteiger partial charge in [-0.2, -0.15) is 13.2 Å². The lowest BCUT2D eigenvalue weighted by Gasteiger charge is -2.35. The fourth-order valence-corrected chi connectivity index (χ4v) is 3.14. The van der Waals surface area contributed by atoms with Crippen molar-refractivity contribution in [3.05, 3.63) is 29.8 Å². The molecule has 0 aromatic heterocycles. The zero-order valence-corrected chi connectivity index (χ0v) is 12.0. The Labute approximate surface area is 118 Å². The molecule has 2 rings (SSSR count). The Morgan fingerprint density at radius 3 is 2.50 bits per heavy atom. The standard InChI is InChI=1S/C16H22F3N/c1-11(2)14-8-3-4-9-15(14)20-13-7-5-6-12(10-13)16(17,18)19/h5-7,10-11,14-15,20H,3-4,8-9H2,1-2H3. The maximum atomic E-state index is 12.7. The molecule has 0 saturated heterocycles. The van der Waals surface area contributed by atoms with Gasteiger partial charge in [0.15, 0.2) is 0 Å². The van der Waals surface area contributed by atoms with Crippen LogP contribution in [0.2, 0.25) is 0 Å². The van der Waals surface area contributed by atoms with E-state index in [1.807, 2.05) is 0 Å². The Balaban J connectivity index is 2.12. The van der Waals surface area contributed by atoms with Crippen LogP contribution in [0, 0.1) is 11.8 Å². The highest BCUT2D eigenvalue weighted by Crippen LogP contribution is 2.34. The van der Waals surface area contributed by atoms with Crippen LogP contribution in [0.25, 0.3) is 0 Å². The first-order valence-corrected chi connectivity index (χ1v) is 7.31. The number of anilines is 1. The molecule has 0 aliphatic heterocycles. The maximum Gasteiger partial charge on any atom is 0.416 e. The summed E-state index contributed by atoms with van der Waals surface area (Å²) in [5.74, 6) is 1.09. The zero-order chi connectivity index (χ0) is 14.8. The van der Waals surface area contributed by atoms with Gasteiger partial charge in [-0.25, -0.2) is 0 Å². The lowest BCUT2D eigenvalue weighted by molar-refractivity contribution is -0.137. The first-order chi connectivity index (χ1) is 9.38. The highest BCUT2D eigenvalue weighted by Gasteiger charge is 2.31. The molecule has 0 bridgehead atoms. The molecule has 1 fully saturated rings.